The molecule has 0 bridgehead atoms. The van der Waals surface area contributed by atoms with Crippen LogP contribution in [0.5, 0.6) is 0 Å². The molecule has 2 aromatic rings. The predicted molar refractivity (Wildman–Crippen MR) is 88.8 cm³/mol. The van der Waals surface area contributed by atoms with Crippen molar-refractivity contribution in [1.29, 1.82) is 0 Å². The number of amides is 1. The molecular formula is C15H20BrF2N5O. The van der Waals surface area contributed by atoms with Crippen LogP contribution in [0.4, 0.5) is 8.78 Å². The fraction of sp³-hybridized carbons (Fsp3) is 0.533. The average Bonchev–Trinajstić information content (AvgIpc) is 3.02. The van der Waals surface area contributed by atoms with E-state index in [1.807, 2.05) is 25.5 Å². The SMILES string of the molecule is CCn1ncc(C(C)NC(=O)Cn2nc(C(F)F)c(Br)c2C)c1C. The molecule has 132 valence electrons. The number of halogens is 3. The molecule has 0 saturated carbocycles. The third-order valence-electron chi connectivity index (χ3n) is 3.94. The van der Waals surface area contributed by atoms with E-state index in [1.165, 1.54) is 4.68 Å². The highest BCUT2D eigenvalue weighted by atomic mass is 79.9. The van der Waals surface area contributed by atoms with Crippen LogP contribution in [0.15, 0.2) is 10.7 Å². The van der Waals surface area contributed by atoms with Gasteiger partial charge in [-0.25, -0.2) is 8.78 Å². The van der Waals surface area contributed by atoms with Crippen molar-refractivity contribution in [1.82, 2.24) is 24.9 Å². The standard InChI is InChI=1S/C15H20BrF2N5O/c1-5-22-9(3)11(6-19-22)8(2)20-12(24)7-23-10(4)13(16)14(21-23)15(17)18/h6,8,15H,5,7H2,1-4H3,(H,20,24). The minimum Gasteiger partial charge on any atom is -0.348 e. The zero-order valence-corrected chi connectivity index (χ0v) is 15.6. The van der Waals surface area contributed by atoms with Gasteiger partial charge in [-0.2, -0.15) is 10.2 Å². The molecule has 1 amide bonds. The number of carbonyl (C=O) groups is 1. The Hall–Kier alpha value is -1.77. The molecule has 2 rings (SSSR count). The van der Waals surface area contributed by atoms with Crippen molar-refractivity contribution in [3.63, 3.8) is 0 Å². The van der Waals surface area contributed by atoms with Crippen molar-refractivity contribution in [2.24, 2.45) is 0 Å². The Morgan fingerprint density at radius 1 is 1.33 bits per heavy atom. The lowest BCUT2D eigenvalue weighted by Crippen LogP contribution is -2.31. The fourth-order valence-electron chi connectivity index (χ4n) is 2.55. The molecule has 2 aromatic heterocycles. The zero-order valence-electron chi connectivity index (χ0n) is 14.0. The van der Waals surface area contributed by atoms with Crippen molar-refractivity contribution in [3.8, 4) is 0 Å². The van der Waals surface area contributed by atoms with E-state index in [2.05, 4.69) is 31.4 Å². The summed E-state index contributed by atoms with van der Waals surface area (Å²) in [5, 5.41) is 10.9. The Labute approximate surface area is 147 Å². The quantitative estimate of drug-likeness (QED) is 0.804. The molecule has 24 heavy (non-hydrogen) atoms. The Kier molecular flexibility index (Phi) is 5.74. The number of carbonyl (C=O) groups excluding carboxylic acids is 1. The normalized spacial score (nSPS) is 12.7. The summed E-state index contributed by atoms with van der Waals surface area (Å²) in [4.78, 5) is 12.2. The Morgan fingerprint density at radius 2 is 2.00 bits per heavy atom. The number of nitrogens with one attached hydrogen (secondary N) is 1. The van der Waals surface area contributed by atoms with Gasteiger partial charge in [-0.1, -0.05) is 0 Å². The second-order valence-corrected chi connectivity index (χ2v) is 6.33. The van der Waals surface area contributed by atoms with E-state index in [0.29, 0.717) is 5.69 Å². The number of aromatic nitrogens is 4. The van der Waals surface area contributed by atoms with E-state index in [4.69, 9.17) is 0 Å². The molecule has 0 aromatic carbocycles. The number of hydrogen-bond acceptors (Lipinski definition) is 3. The highest BCUT2D eigenvalue weighted by molar-refractivity contribution is 9.10. The maximum atomic E-state index is 12.9. The lowest BCUT2D eigenvalue weighted by Gasteiger charge is -2.14. The first-order chi connectivity index (χ1) is 11.3. The first kappa shape index (κ1) is 18.6. The van der Waals surface area contributed by atoms with Crippen molar-refractivity contribution in [2.45, 2.75) is 53.3 Å². The van der Waals surface area contributed by atoms with E-state index in [-0.39, 0.29) is 28.7 Å². The van der Waals surface area contributed by atoms with E-state index in [1.54, 1.807) is 13.1 Å². The van der Waals surface area contributed by atoms with Crippen LogP contribution in [0.3, 0.4) is 0 Å². The molecule has 2 heterocycles. The largest absolute Gasteiger partial charge is 0.348 e. The summed E-state index contributed by atoms with van der Waals surface area (Å²) in [6.45, 7) is 8.06. The van der Waals surface area contributed by atoms with Gasteiger partial charge in [0.25, 0.3) is 6.43 Å². The second kappa shape index (κ2) is 7.42. The summed E-state index contributed by atoms with van der Waals surface area (Å²) in [6.07, 6.45) is -0.960. The highest BCUT2D eigenvalue weighted by Gasteiger charge is 2.22. The molecule has 6 nitrogen and oxygen atoms in total. The van der Waals surface area contributed by atoms with Gasteiger partial charge in [0.15, 0.2) is 0 Å². The maximum absolute atomic E-state index is 12.9. The molecule has 0 aliphatic rings. The van der Waals surface area contributed by atoms with Gasteiger partial charge in [0.1, 0.15) is 12.2 Å². The number of rotatable bonds is 6. The summed E-state index contributed by atoms with van der Waals surface area (Å²) < 4.78 is 29.1. The first-order valence-corrected chi connectivity index (χ1v) is 8.38. The lowest BCUT2D eigenvalue weighted by atomic mass is 10.1. The van der Waals surface area contributed by atoms with Gasteiger partial charge < -0.3 is 5.32 Å². The molecule has 0 saturated heterocycles. The average molecular weight is 404 g/mol. The number of hydrogen-bond donors (Lipinski definition) is 1. The van der Waals surface area contributed by atoms with Crippen LogP contribution in [0, 0.1) is 13.8 Å². The molecule has 0 aliphatic carbocycles. The molecule has 1 N–H and O–H groups in total. The monoisotopic (exact) mass is 403 g/mol. The third kappa shape index (κ3) is 3.66. The van der Waals surface area contributed by atoms with Gasteiger partial charge in [0.05, 0.1) is 22.4 Å². The van der Waals surface area contributed by atoms with Crippen molar-refractivity contribution < 1.29 is 13.6 Å². The topological polar surface area (TPSA) is 64.7 Å². The van der Waals surface area contributed by atoms with Crippen molar-refractivity contribution in [3.05, 3.63) is 33.3 Å². The molecule has 1 unspecified atom stereocenters. The van der Waals surface area contributed by atoms with Crippen LogP contribution in [0.2, 0.25) is 0 Å². The van der Waals surface area contributed by atoms with Crippen LogP contribution >= 0.6 is 15.9 Å². The van der Waals surface area contributed by atoms with Gasteiger partial charge in [-0.3, -0.25) is 14.2 Å². The zero-order chi connectivity index (χ0) is 18.0. The molecule has 0 aliphatic heterocycles. The highest BCUT2D eigenvalue weighted by Crippen LogP contribution is 2.29. The maximum Gasteiger partial charge on any atom is 0.283 e. The number of aryl methyl sites for hydroxylation is 1. The van der Waals surface area contributed by atoms with Crippen LogP contribution in [0.25, 0.3) is 0 Å². The van der Waals surface area contributed by atoms with Crippen LogP contribution in [-0.2, 0) is 17.9 Å². The number of nitrogens with zero attached hydrogens (tertiary/aromatic N) is 4. The minimum atomic E-state index is -2.69. The molecule has 0 fully saturated rings. The molecule has 1 atom stereocenters. The molecule has 0 radical (unpaired) electrons. The second-order valence-electron chi connectivity index (χ2n) is 5.53. The molecule has 0 spiro atoms. The Balaban J connectivity index is 2.08. The van der Waals surface area contributed by atoms with Crippen LogP contribution in [-0.4, -0.2) is 25.5 Å². The van der Waals surface area contributed by atoms with Crippen molar-refractivity contribution in [2.75, 3.05) is 0 Å². The first-order valence-electron chi connectivity index (χ1n) is 7.58. The molecule has 9 heteroatoms. The van der Waals surface area contributed by atoms with E-state index >= 15 is 0 Å². The summed E-state index contributed by atoms with van der Waals surface area (Å²) >= 11 is 3.09. The van der Waals surface area contributed by atoms with Gasteiger partial charge >= 0.3 is 0 Å². The van der Waals surface area contributed by atoms with Crippen LogP contribution in [0.1, 0.15) is 49.0 Å². The van der Waals surface area contributed by atoms with Gasteiger partial charge in [0.2, 0.25) is 5.91 Å². The van der Waals surface area contributed by atoms with Crippen LogP contribution < -0.4 is 5.32 Å². The van der Waals surface area contributed by atoms with Gasteiger partial charge in [0, 0.05) is 17.8 Å². The lowest BCUT2D eigenvalue weighted by molar-refractivity contribution is -0.122. The van der Waals surface area contributed by atoms with Gasteiger partial charge in [-0.15, -0.1) is 0 Å². The minimum absolute atomic E-state index is 0.123. The third-order valence-corrected chi connectivity index (χ3v) is 4.92. The summed E-state index contributed by atoms with van der Waals surface area (Å²) in [5.41, 5.74) is 2.05. The molecular weight excluding hydrogens is 384 g/mol. The Bertz CT molecular complexity index is 741. The number of alkyl halides is 2. The smallest absolute Gasteiger partial charge is 0.283 e. The summed E-state index contributed by atoms with van der Waals surface area (Å²) in [5.74, 6) is -0.301. The predicted octanol–water partition coefficient (Wildman–Crippen LogP) is 3.29. The summed E-state index contributed by atoms with van der Waals surface area (Å²) in [7, 11) is 0. The van der Waals surface area contributed by atoms with Crippen molar-refractivity contribution >= 4 is 21.8 Å². The van der Waals surface area contributed by atoms with E-state index < -0.39 is 6.43 Å². The Morgan fingerprint density at radius 3 is 2.50 bits per heavy atom. The van der Waals surface area contributed by atoms with Gasteiger partial charge in [-0.05, 0) is 43.6 Å². The van der Waals surface area contributed by atoms with E-state index in [0.717, 1.165) is 17.8 Å². The summed E-state index contributed by atoms with van der Waals surface area (Å²) in [6, 6.07) is -0.230. The van der Waals surface area contributed by atoms with E-state index in [9.17, 15) is 13.6 Å². The fourth-order valence-corrected chi connectivity index (χ4v) is 3.00.